The lowest BCUT2D eigenvalue weighted by Gasteiger charge is -2.44. The lowest BCUT2D eigenvalue weighted by Crippen LogP contribution is -2.58. The first-order valence-electron chi connectivity index (χ1n) is 9.14. The number of ether oxygens (including phenoxy) is 1. The number of hydrogen-bond donors (Lipinski definition) is 2. The third-order valence-corrected chi connectivity index (χ3v) is 5.64. The van der Waals surface area contributed by atoms with Crippen LogP contribution in [0.3, 0.4) is 0 Å². The molecule has 2 N–H and O–H groups in total. The number of carbonyl (C=O) groups is 1. The molecule has 0 atom stereocenters. The van der Waals surface area contributed by atoms with Gasteiger partial charge in [0.05, 0.1) is 18.5 Å². The summed E-state index contributed by atoms with van der Waals surface area (Å²) in [5, 5.41) is 6.59. The molecule has 1 amide bonds. The number of anilines is 2. The van der Waals surface area contributed by atoms with Crippen LogP contribution in [0.2, 0.25) is 0 Å². The molecule has 26 heavy (non-hydrogen) atoms. The number of carbonyl (C=O) groups excluding carboxylic acids is 1. The van der Waals surface area contributed by atoms with Gasteiger partial charge in [0.15, 0.2) is 0 Å². The number of methoxy groups -OCH3 is 1. The van der Waals surface area contributed by atoms with Gasteiger partial charge in [0, 0.05) is 19.6 Å². The Morgan fingerprint density at radius 1 is 1.12 bits per heavy atom. The number of piperidine rings is 1. The Morgan fingerprint density at radius 2 is 1.85 bits per heavy atom. The van der Waals surface area contributed by atoms with E-state index in [0.717, 1.165) is 49.6 Å². The van der Waals surface area contributed by atoms with Crippen LogP contribution in [0.4, 0.5) is 11.4 Å². The molecule has 0 bridgehead atoms. The number of nitrogens with one attached hydrogen (secondary N) is 2. The molecule has 2 aromatic carbocycles. The minimum absolute atomic E-state index is 0.0940. The zero-order valence-corrected chi connectivity index (χ0v) is 15.3. The average molecular weight is 351 g/mol. The van der Waals surface area contributed by atoms with Crippen molar-refractivity contribution in [2.45, 2.75) is 31.8 Å². The molecule has 2 aliphatic heterocycles. The SMILES string of the molecule is COc1ccc(CN2CCC3(CC2)Nc2ccccc2NC3=O)c(C)c1. The highest BCUT2D eigenvalue weighted by atomic mass is 16.5. The van der Waals surface area contributed by atoms with Crippen molar-refractivity contribution in [2.75, 3.05) is 30.8 Å². The van der Waals surface area contributed by atoms with Crippen molar-refractivity contribution in [3.8, 4) is 5.75 Å². The van der Waals surface area contributed by atoms with Crippen LogP contribution in [0.1, 0.15) is 24.0 Å². The molecule has 5 heteroatoms. The second-order valence-electron chi connectivity index (χ2n) is 7.28. The van der Waals surface area contributed by atoms with E-state index in [2.05, 4.69) is 34.6 Å². The predicted octanol–water partition coefficient (Wildman–Crippen LogP) is 3.40. The van der Waals surface area contributed by atoms with Gasteiger partial charge in [-0.1, -0.05) is 18.2 Å². The summed E-state index contributed by atoms with van der Waals surface area (Å²) >= 11 is 0. The van der Waals surface area contributed by atoms with E-state index < -0.39 is 5.54 Å². The zero-order valence-electron chi connectivity index (χ0n) is 15.3. The van der Waals surface area contributed by atoms with Gasteiger partial charge in [0.25, 0.3) is 0 Å². The maximum atomic E-state index is 12.7. The molecule has 136 valence electrons. The zero-order chi connectivity index (χ0) is 18.1. The number of rotatable bonds is 3. The van der Waals surface area contributed by atoms with E-state index in [1.807, 2.05) is 30.3 Å². The van der Waals surface area contributed by atoms with E-state index in [-0.39, 0.29) is 5.91 Å². The number of hydrogen-bond acceptors (Lipinski definition) is 4. The molecule has 5 nitrogen and oxygen atoms in total. The summed E-state index contributed by atoms with van der Waals surface area (Å²) in [6.07, 6.45) is 1.62. The van der Waals surface area contributed by atoms with Crippen molar-refractivity contribution < 1.29 is 9.53 Å². The first-order valence-corrected chi connectivity index (χ1v) is 9.14. The summed E-state index contributed by atoms with van der Waals surface area (Å²) in [5.41, 5.74) is 3.96. The standard InChI is InChI=1S/C21H25N3O2/c1-15-13-17(26-2)8-7-16(15)14-24-11-9-21(10-12-24)20(25)22-18-5-3-4-6-19(18)23-21/h3-8,13,23H,9-12,14H2,1-2H3,(H,22,25). The second-order valence-corrected chi connectivity index (χ2v) is 7.28. The molecular formula is C21H25N3O2. The van der Waals surface area contributed by atoms with Crippen LogP contribution >= 0.6 is 0 Å². The lowest BCUT2D eigenvalue weighted by atomic mass is 9.84. The van der Waals surface area contributed by atoms with Crippen molar-refractivity contribution >= 4 is 17.3 Å². The first kappa shape index (κ1) is 16.9. The van der Waals surface area contributed by atoms with Gasteiger partial charge in [-0.25, -0.2) is 0 Å². The molecule has 0 aromatic heterocycles. The van der Waals surface area contributed by atoms with E-state index in [1.54, 1.807) is 7.11 Å². The Balaban J connectivity index is 1.44. The van der Waals surface area contributed by atoms with Crippen LogP contribution in [0, 0.1) is 6.92 Å². The van der Waals surface area contributed by atoms with Crippen LogP contribution in [0.25, 0.3) is 0 Å². The van der Waals surface area contributed by atoms with Crippen molar-refractivity contribution in [3.63, 3.8) is 0 Å². The quantitative estimate of drug-likeness (QED) is 0.890. The minimum atomic E-state index is -0.486. The van der Waals surface area contributed by atoms with Crippen LogP contribution < -0.4 is 15.4 Å². The first-order chi connectivity index (χ1) is 12.6. The molecule has 0 radical (unpaired) electrons. The van der Waals surface area contributed by atoms with E-state index in [9.17, 15) is 4.79 Å². The fourth-order valence-electron chi connectivity index (χ4n) is 3.92. The summed E-state index contributed by atoms with van der Waals surface area (Å²) in [7, 11) is 1.69. The lowest BCUT2D eigenvalue weighted by molar-refractivity contribution is -0.122. The highest BCUT2D eigenvalue weighted by Crippen LogP contribution is 2.36. The number of aryl methyl sites for hydroxylation is 1. The number of benzene rings is 2. The third-order valence-electron chi connectivity index (χ3n) is 5.64. The molecule has 2 heterocycles. The Hall–Kier alpha value is -2.53. The van der Waals surface area contributed by atoms with E-state index in [4.69, 9.17) is 4.74 Å². The van der Waals surface area contributed by atoms with Gasteiger partial charge in [0.2, 0.25) is 5.91 Å². The average Bonchev–Trinajstić information content (AvgIpc) is 2.66. The molecule has 4 rings (SSSR count). The van der Waals surface area contributed by atoms with Crippen molar-refractivity contribution in [1.29, 1.82) is 0 Å². The van der Waals surface area contributed by atoms with Crippen LogP contribution in [-0.4, -0.2) is 36.5 Å². The number of para-hydroxylation sites is 2. The minimum Gasteiger partial charge on any atom is -0.497 e. The highest BCUT2D eigenvalue weighted by molar-refractivity contribution is 6.06. The smallest absolute Gasteiger partial charge is 0.250 e. The molecule has 2 aromatic rings. The monoisotopic (exact) mass is 351 g/mol. The fraction of sp³-hybridized carbons (Fsp3) is 0.381. The predicted molar refractivity (Wildman–Crippen MR) is 104 cm³/mol. The summed E-state index contributed by atoms with van der Waals surface area (Å²) in [5.74, 6) is 0.988. The van der Waals surface area contributed by atoms with E-state index in [1.165, 1.54) is 11.1 Å². The summed E-state index contributed by atoms with van der Waals surface area (Å²) in [4.78, 5) is 15.1. The summed E-state index contributed by atoms with van der Waals surface area (Å²) in [6.45, 7) is 4.82. The fourth-order valence-corrected chi connectivity index (χ4v) is 3.92. The Bertz CT molecular complexity index is 826. The van der Waals surface area contributed by atoms with Gasteiger partial charge >= 0.3 is 0 Å². The second kappa shape index (κ2) is 6.65. The van der Waals surface area contributed by atoms with Gasteiger partial charge in [-0.2, -0.15) is 0 Å². The third kappa shape index (κ3) is 3.03. The molecular weight excluding hydrogens is 326 g/mol. The van der Waals surface area contributed by atoms with E-state index in [0.29, 0.717) is 0 Å². The Kier molecular flexibility index (Phi) is 4.32. The van der Waals surface area contributed by atoms with Gasteiger partial charge < -0.3 is 15.4 Å². The Morgan fingerprint density at radius 3 is 2.54 bits per heavy atom. The van der Waals surface area contributed by atoms with Gasteiger partial charge in [-0.05, 0) is 55.2 Å². The van der Waals surface area contributed by atoms with Gasteiger partial charge in [-0.3, -0.25) is 9.69 Å². The van der Waals surface area contributed by atoms with Crippen LogP contribution in [-0.2, 0) is 11.3 Å². The number of amides is 1. The van der Waals surface area contributed by atoms with E-state index >= 15 is 0 Å². The maximum Gasteiger partial charge on any atom is 0.250 e. The van der Waals surface area contributed by atoms with Gasteiger partial charge in [0.1, 0.15) is 11.3 Å². The number of fused-ring (bicyclic) bond motifs is 1. The van der Waals surface area contributed by atoms with Crippen molar-refractivity contribution in [3.05, 3.63) is 53.6 Å². The van der Waals surface area contributed by atoms with Gasteiger partial charge in [-0.15, -0.1) is 0 Å². The van der Waals surface area contributed by atoms with Crippen molar-refractivity contribution in [1.82, 2.24) is 4.90 Å². The molecule has 1 spiro atoms. The molecule has 0 saturated carbocycles. The number of likely N-dealkylation sites (tertiary alicyclic amines) is 1. The largest absolute Gasteiger partial charge is 0.497 e. The van der Waals surface area contributed by atoms with Crippen LogP contribution in [0.15, 0.2) is 42.5 Å². The van der Waals surface area contributed by atoms with Crippen LogP contribution in [0.5, 0.6) is 5.75 Å². The number of nitrogens with zero attached hydrogens (tertiary/aromatic N) is 1. The Labute approximate surface area is 154 Å². The summed E-state index contributed by atoms with van der Waals surface area (Å²) < 4.78 is 5.29. The molecule has 1 saturated heterocycles. The molecule has 0 unspecified atom stereocenters. The highest BCUT2D eigenvalue weighted by Gasteiger charge is 2.44. The maximum absolute atomic E-state index is 12.7. The topological polar surface area (TPSA) is 53.6 Å². The normalized spacial score (nSPS) is 18.8. The van der Waals surface area contributed by atoms with Crippen molar-refractivity contribution in [2.24, 2.45) is 0 Å². The summed E-state index contributed by atoms with van der Waals surface area (Å²) in [6, 6.07) is 14.1. The molecule has 1 fully saturated rings. The molecule has 0 aliphatic carbocycles. The molecule has 2 aliphatic rings.